The lowest BCUT2D eigenvalue weighted by molar-refractivity contribution is -0.143. The number of fused-ring (bicyclic) bond motifs is 1. The van der Waals surface area contributed by atoms with Crippen LogP contribution in [0.2, 0.25) is 0 Å². The van der Waals surface area contributed by atoms with Gasteiger partial charge in [-0.25, -0.2) is 0 Å². The number of aliphatic hydroxyl groups is 1. The summed E-state index contributed by atoms with van der Waals surface area (Å²) in [6.07, 6.45) is 1.11. The molecule has 0 saturated carbocycles. The van der Waals surface area contributed by atoms with Crippen LogP contribution in [0.3, 0.4) is 0 Å². The van der Waals surface area contributed by atoms with Gasteiger partial charge in [0.1, 0.15) is 11.6 Å². The minimum atomic E-state index is -1.12. The molecule has 3 aliphatic heterocycles. The highest BCUT2D eigenvalue weighted by molar-refractivity contribution is 6.05. The number of hydrogen-bond acceptors (Lipinski definition) is 6. The van der Waals surface area contributed by atoms with E-state index >= 15 is 0 Å². The lowest BCUT2D eigenvalue weighted by Gasteiger charge is -2.36. The number of nitrogens with one attached hydrogen (secondary N) is 2. The van der Waals surface area contributed by atoms with Gasteiger partial charge < -0.3 is 30.3 Å². The average Bonchev–Trinajstić information content (AvgIpc) is 3.59. The Morgan fingerprint density at radius 1 is 1.03 bits per heavy atom. The van der Waals surface area contributed by atoms with Crippen LogP contribution in [0, 0.1) is 11.8 Å². The normalized spacial score (nSPS) is 27.8. The summed E-state index contributed by atoms with van der Waals surface area (Å²) in [6, 6.07) is 15.3. The van der Waals surface area contributed by atoms with Gasteiger partial charge in [-0.15, -0.1) is 0 Å². The molecule has 9 nitrogen and oxygen atoms in total. The van der Waals surface area contributed by atoms with Crippen molar-refractivity contribution >= 4 is 34.8 Å². The molecule has 2 aromatic carbocycles. The third-order valence-electron chi connectivity index (χ3n) is 8.67. The summed E-state index contributed by atoms with van der Waals surface area (Å²) in [4.78, 5) is 45.2. The number of benzene rings is 2. The molecule has 2 aromatic rings. The Balaban J connectivity index is 1.44. The highest BCUT2D eigenvalue weighted by atomic mass is 16.5. The van der Waals surface area contributed by atoms with Crippen molar-refractivity contribution in [2.45, 2.75) is 63.8 Å². The third-order valence-corrected chi connectivity index (χ3v) is 8.67. The molecule has 3 heterocycles. The number of carbonyl (C=O) groups is 3. The van der Waals surface area contributed by atoms with E-state index in [9.17, 15) is 19.5 Å². The summed E-state index contributed by atoms with van der Waals surface area (Å²) >= 11 is 0. The molecule has 1 spiro atoms. The second kappa shape index (κ2) is 11.0. The smallest absolute Gasteiger partial charge is 0.250 e. The average molecular weight is 535 g/mol. The van der Waals surface area contributed by atoms with E-state index in [1.807, 2.05) is 49.4 Å². The van der Waals surface area contributed by atoms with Gasteiger partial charge in [-0.2, -0.15) is 0 Å². The number of ether oxygens (including phenoxy) is 1. The van der Waals surface area contributed by atoms with E-state index in [0.29, 0.717) is 30.6 Å². The number of rotatable bonds is 10. The Bertz CT molecular complexity index is 1200. The first kappa shape index (κ1) is 27.1. The van der Waals surface area contributed by atoms with Crippen LogP contribution in [-0.4, -0.2) is 71.2 Å². The molecule has 0 aromatic heterocycles. The molecule has 0 aliphatic carbocycles. The van der Waals surface area contributed by atoms with Crippen molar-refractivity contribution < 1.29 is 24.2 Å². The number of carbonyl (C=O) groups excluding carboxylic acids is 3. The van der Waals surface area contributed by atoms with Crippen LogP contribution in [-0.2, 0) is 19.1 Å². The lowest BCUT2D eigenvalue weighted by atomic mass is 9.70. The molecule has 3 fully saturated rings. The van der Waals surface area contributed by atoms with Crippen molar-refractivity contribution in [3.05, 3.63) is 54.6 Å². The first-order valence-corrected chi connectivity index (χ1v) is 14.0. The molecule has 3 saturated heterocycles. The van der Waals surface area contributed by atoms with Crippen LogP contribution in [0.4, 0.5) is 17.1 Å². The number of nitrogens with zero attached hydrogens (tertiary/aromatic N) is 2. The van der Waals surface area contributed by atoms with Crippen LogP contribution >= 0.6 is 0 Å². The summed E-state index contributed by atoms with van der Waals surface area (Å²) in [6.45, 7) is 7.53. The highest BCUT2D eigenvalue weighted by Gasteiger charge is 2.75. The molecule has 0 radical (unpaired) electrons. The van der Waals surface area contributed by atoms with E-state index in [-0.39, 0.29) is 24.3 Å². The minimum Gasteiger partial charge on any atom is -0.394 e. The molecule has 3 aliphatic rings. The van der Waals surface area contributed by atoms with E-state index in [4.69, 9.17) is 4.74 Å². The standard InChI is InChI=1S/C30H38N4O5/c1-4-21(18-35)34-26(28(37)32-20-12-14-22(15-13-20)33(5-2)6-3)30-17-16-23(39-30)24(25(30)29(34)38)27(36)31-19-10-8-7-9-11-19/h7-15,21,23-26,35H,4-6,16-18H2,1-3H3,(H,31,36)(H,32,37)/t21-,23+,24-,25-,26?,30?/m0/s1. The van der Waals surface area contributed by atoms with Crippen molar-refractivity contribution in [1.29, 1.82) is 0 Å². The van der Waals surface area contributed by atoms with Gasteiger partial charge in [0, 0.05) is 30.2 Å². The monoisotopic (exact) mass is 534 g/mol. The molecular formula is C30H38N4O5. The zero-order valence-electron chi connectivity index (χ0n) is 22.8. The third kappa shape index (κ3) is 4.57. The van der Waals surface area contributed by atoms with Gasteiger partial charge in [0.2, 0.25) is 17.7 Å². The fraction of sp³-hybridized carbons (Fsp3) is 0.500. The van der Waals surface area contributed by atoms with Crippen molar-refractivity contribution in [3.8, 4) is 0 Å². The number of aliphatic hydroxyl groups excluding tert-OH is 1. The second-order valence-electron chi connectivity index (χ2n) is 10.6. The fourth-order valence-electron chi connectivity index (χ4n) is 6.80. The summed E-state index contributed by atoms with van der Waals surface area (Å²) < 4.78 is 6.47. The van der Waals surface area contributed by atoms with Gasteiger partial charge in [0.25, 0.3) is 0 Å². The summed E-state index contributed by atoms with van der Waals surface area (Å²) in [5.41, 5.74) is 1.21. The van der Waals surface area contributed by atoms with Gasteiger partial charge >= 0.3 is 0 Å². The van der Waals surface area contributed by atoms with E-state index in [2.05, 4.69) is 29.4 Å². The minimum absolute atomic E-state index is 0.280. The summed E-state index contributed by atoms with van der Waals surface area (Å²) in [7, 11) is 0. The zero-order chi connectivity index (χ0) is 27.7. The van der Waals surface area contributed by atoms with Crippen molar-refractivity contribution in [1.82, 2.24) is 4.90 Å². The Kier molecular flexibility index (Phi) is 7.64. The number of anilines is 3. The molecule has 2 unspecified atom stereocenters. The van der Waals surface area contributed by atoms with E-state index in [1.165, 1.54) is 4.90 Å². The molecule has 9 heteroatoms. The Labute approximate surface area is 229 Å². The molecule has 39 heavy (non-hydrogen) atoms. The topological polar surface area (TPSA) is 111 Å². The highest BCUT2D eigenvalue weighted by Crippen LogP contribution is 2.59. The van der Waals surface area contributed by atoms with Crippen LogP contribution < -0.4 is 15.5 Å². The predicted molar refractivity (Wildman–Crippen MR) is 149 cm³/mol. The van der Waals surface area contributed by atoms with E-state index in [1.54, 1.807) is 12.1 Å². The van der Waals surface area contributed by atoms with Crippen molar-refractivity contribution in [3.63, 3.8) is 0 Å². The van der Waals surface area contributed by atoms with Crippen LogP contribution in [0.15, 0.2) is 54.6 Å². The van der Waals surface area contributed by atoms with Gasteiger partial charge in [-0.1, -0.05) is 25.1 Å². The number of para-hydroxylation sites is 1. The van der Waals surface area contributed by atoms with E-state index < -0.39 is 35.6 Å². The zero-order valence-corrected chi connectivity index (χ0v) is 22.8. The number of hydrogen-bond donors (Lipinski definition) is 3. The van der Waals surface area contributed by atoms with Gasteiger partial charge in [-0.3, -0.25) is 14.4 Å². The summed E-state index contributed by atoms with van der Waals surface area (Å²) in [5.74, 6) is -2.45. The number of amides is 3. The van der Waals surface area contributed by atoms with Crippen LogP contribution in [0.5, 0.6) is 0 Å². The largest absolute Gasteiger partial charge is 0.394 e. The maximum atomic E-state index is 14.0. The van der Waals surface area contributed by atoms with Gasteiger partial charge in [-0.05, 0) is 69.5 Å². The first-order chi connectivity index (χ1) is 18.9. The quantitative estimate of drug-likeness (QED) is 0.432. The first-order valence-electron chi connectivity index (χ1n) is 14.0. The van der Waals surface area contributed by atoms with Crippen LogP contribution in [0.1, 0.15) is 40.0 Å². The lowest BCUT2D eigenvalue weighted by Crippen LogP contribution is -2.56. The molecule has 3 amide bonds. The number of likely N-dealkylation sites (tertiary alicyclic amines) is 1. The SMILES string of the molecule is CC[C@@H](CO)N1C(=O)[C@@H]2[C@@H](C(=O)Nc3ccccc3)[C@H]3CCC2(O3)C1C(=O)Nc1ccc(N(CC)CC)cc1. The molecule has 208 valence electrons. The maximum Gasteiger partial charge on any atom is 0.250 e. The predicted octanol–water partition coefficient (Wildman–Crippen LogP) is 3.26. The van der Waals surface area contributed by atoms with Crippen LogP contribution in [0.25, 0.3) is 0 Å². The summed E-state index contributed by atoms with van der Waals surface area (Å²) in [5, 5.41) is 16.1. The maximum absolute atomic E-state index is 14.0. The van der Waals surface area contributed by atoms with Gasteiger partial charge in [0.05, 0.1) is 30.6 Å². The Morgan fingerprint density at radius 2 is 1.67 bits per heavy atom. The molecule has 2 bridgehead atoms. The molecular weight excluding hydrogens is 496 g/mol. The molecule has 5 rings (SSSR count). The van der Waals surface area contributed by atoms with E-state index in [0.717, 1.165) is 18.8 Å². The van der Waals surface area contributed by atoms with Crippen molar-refractivity contribution in [2.75, 3.05) is 35.2 Å². The van der Waals surface area contributed by atoms with Gasteiger partial charge in [0.15, 0.2) is 0 Å². The Hall–Kier alpha value is -3.43. The molecule has 3 N–H and O–H groups in total. The molecule has 6 atom stereocenters. The Morgan fingerprint density at radius 3 is 2.28 bits per heavy atom. The fourth-order valence-corrected chi connectivity index (χ4v) is 6.80. The van der Waals surface area contributed by atoms with Crippen molar-refractivity contribution in [2.24, 2.45) is 11.8 Å². The second-order valence-corrected chi connectivity index (χ2v) is 10.6.